The zero-order chi connectivity index (χ0) is 8.72. The number of nitrogens with zero attached hydrogens (tertiary/aromatic N) is 3. The lowest BCUT2D eigenvalue weighted by molar-refractivity contribution is 0.353. The van der Waals surface area contributed by atoms with Crippen LogP contribution in [0.3, 0.4) is 0 Å². The topological polar surface area (TPSA) is 49.1 Å². The molecule has 1 fully saturated rings. The monoisotopic (exact) mass is 169 g/mol. The first-order chi connectivity index (χ1) is 5.74. The molecule has 0 N–H and O–H groups in total. The van der Waals surface area contributed by atoms with Crippen molar-refractivity contribution in [3.05, 3.63) is 10.5 Å². The molecule has 0 spiro atoms. The fourth-order valence-corrected chi connectivity index (χ4v) is 1.24. The molecular weight excluding hydrogens is 158 g/mol. The normalized spacial score (nSPS) is 16.5. The minimum absolute atomic E-state index is 0.0886. The maximum atomic E-state index is 11.4. The number of aryl methyl sites for hydroxylation is 1. The predicted molar refractivity (Wildman–Crippen MR) is 42.3 cm³/mol. The number of methoxy groups -OCH3 is 1. The fraction of sp³-hybridized carbons (Fsp3) is 0.714. The van der Waals surface area contributed by atoms with E-state index < -0.39 is 0 Å². The number of rotatable bonds is 2. The van der Waals surface area contributed by atoms with E-state index in [1.807, 2.05) is 0 Å². The highest BCUT2D eigenvalue weighted by atomic mass is 16.5. The van der Waals surface area contributed by atoms with Gasteiger partial charge in [-0.3, -0.25) is 0 Å². The molecule has 1 heterocycles. The summed E-state index contributed by atoms with van der Waals surface area (Å²) in [6, 6.07) is 0.742. The largest absolute Gasteiger partial charge is 0.467 e. The highest BCUT2D eigenvalue weighted by Gasteiger charge is 2.29. The molecule has 2 rings (SSSR count). The summed E-state index contributed by atoms with van der Waals surface area (Å²) in [6.07, 6.45) is 2.12. The summed E-state index contributed by atoms with van der Waals surface area (Å²) in [6.45, 7) is 0. The lowest BCUT2D eigenvalue weighted by atomic mass is 10.7. The van der Waals surface area contributed by atoms with Crippen molar-refractivity contribution in [1.29, 1.82) is 0 Å². The number of ether oxygens (including phenoxy) is 1. The Morgan fingerprint density at radius 2 is 2.25 bits per heavy atom. The average molecular weight is 169 g/mol. The molecule has 0 atom stereocenters. The third-order valence-electron chi connectivity index (χ3n) is 2.02. The molecule has 5 nitrogen and oxygen atoms in total. The maximum Gasteiger partial charge on any atom is 0.348 e. The van der Waals surface area contributed by atoms with Gasteiger partial charge in [-0.2, -0.15) is 0 Å². The Hall–Kier alpha value is -1.26. The summed E-state index contributed by atoms with van der Waals surface area (Å²) < 4.78 is 7.89. The van der Waals surface area contributed by atoms with Gasteiger partial charge in [0.05, 0.1) is 7.11 Å². The molecule has 1 aliphatic carbocycles. The van der Waals surface area contributed by atoms with Gasteiger partial charge in [0.1, 0.15) is 0 Å². The predicted octanol–water partition coefficient (Wildman–Crippen LogP) is -0.0747. The van der Waals surface area contributed by atoms with Crippen LogP contribution in [0.2, 0.25) is 0 Å². The van der Waals surface area contributed by atoms with Crippen molar-refractivity contribution in [2.75, 3.05) is 7.11 Å². The van der Waals surface area contributed by atoms with Gasteiger partial charge in [-0.15, -0.1) is 5.10 Å². The van der Waals surface area contributed by atoms with Crippen LogP contribution in [-0.2, 0) is 7.05 Å². The van der Waals surface area contributed by atoms with E-state index in [0.29, 0.717) is 12.1 Å². The first-order valence-electron chi connectivity index (χ1n) is 3.93. The molecule has 12 heavy (non-hydrogen) atoms. The van der Waals surface area contributed by atoms with Crippen molar-refractivity contribution in [1.82, 2.24) is 14.3 Å². The van der Waals surface area contributed by atoms with Crippen LogP contribution >= 0.6 is 0 Å². The molecule has 1 saturated carbocycles. The third kappa shape index (κ3) is 0.929. The molecule has 5 heteroatoms. The Balaban J connectivity index is 2.53. The van der Waals surface area contributed by atoms with E-state index >= 15 is 0 Å². The standard InChI is InChI=1S/C7H11N3O2/c1-9-7(11)10(5-3-4-5)6(8-9)12-2/h5H,3-4H2,1-2H3. The number of hydrogen-bond acceptors (Lipinski definition) is 3. The quantitative estimate of drug-likeness (QED) is 0.622. The third-order valence-corrected chi connectivity index (χ3v) is 2.02. The molecule has 0 aliphatic heterocycles. The van der Waals surface area contributed by atoms with E-state index in [4.69, 9.17) is 4.74 Å². The van der Waals surface area contributed by atoms with Crippen molar-refractivity contribution in [3.63, 3.8) is 0 Å². The Labute approximate surface area is 69.6 Å². The number of aromatic nitrogens is 3. The summed E-state index contributed by atoms with van der Waals surface area (Å²) >= 11 is 0. The minimum atomic E-state index is -0.0886. The molecule has 1 aromatic heterocycles. The van der Waals surface area contributed by atoms with Crippen molar-refractivity contribution >= 4 is 0 Å². The molecule has 1 aliphatic rings. The molecule has 0 unspecified atom stereocenters. The summed E-state index contributed by atoms with van der Waals surface area (Å²) in [5, 5.41) is 3.93. The van der Waals surface area contributed by atoms with Crippen LogP contribution in [-0.4, -0.2) is 21.5 Å². The summed E-state index contributed by atoms with van der Waals surface area (Å²) in [4.78, 5) is 11.4. The van der Waals surface area contributed by atoms with Gasteiger partial charge in [0.25, 0.3) is 0 Å². The summed E-state index contributed by atoms with van der Waals surface area (Å²) in [5.41, 5.74) is -0.0886. The smallest absolute Gasteiger partial charge is 0.348 e. The lowest BCUT2D eigenvalue weighted by Gasteiger charge is -1.99. The van der Waals surface area contributed by atoms with Gasteiger partial charge in [-0.25, -0.2) is 14.0 Å². The van der Waals surface area contributed by atoms with Crippen molar-refractivity contribution in [2.45, 2.75) is 18.9 Å². The molecule has 0 bridgehead atoms. The molecule has 0 aromatic carbocycles. The van der Waals surface area contributed by atoms with Crippen molar-refractivity contribution in [3.8, 4) is 6.01 Å². The van der Waals surface area contributed by atoms with E-state index in [9.17, 15) is 4.79 Å². The first-order valence-corrected chi connectivity index (χ1v) is 3.93. The lowest BCUT2D eigenvalue weighted by Crippen LogP contribution is -2.22. The van der Waals surface area contributed by atoms with Gasteiger partial charge in [0, 0.05) is 13.1 Å². The van der Waals surface area contributed by atoms with Crippen LogP contribution in [0, 0.1) is 0 Å². The van der Waals surface area contributed by atoms with Gasteiger partial charge in [-0.05, 0) is 12.8 Å². The van der Waals surface area contributed by atoms with E-state index in [2.05, 4.69) is 5.10 Å². The fourth-order valence-electron chi connectivity index (χ4n) is 1.24. The molecule has 0 radical (unpaired) electrons. The van der Waals surface area contributed by atoms with Gasteiger partial charge < -0.3 is 4.74 Å². The van der Waals surface area contributed by atoms with Gasteiger partial charge in [-0.1, -0.05) is 0 Å². The molecular formula is C7H11N3O2. The Kier molecular flexibility index (Phi) is 1.46. The minimum Gasteiger partial charge on any atom is -0.467 e. The Morgan fingerprint density at radius 1 is 1.58 bits per heavy atom. The van der Waals surface area contributed by atoms with Crippen molar-refractivity contribution in [2.24, 2.45) is 7.05 Å². The Morgan fingerprint density at radius 3 is 2.75 bits per heavy atom. The van der Waals surface area contributed by atoms with E-state index in [1.165, 1.54) is 11.8 Å². The van der Waals surface area contributed by atoms with Gasteiger partial charge in [0.2, 0.25) is 0 Å². The molecule has 0 amide bonds. The van der Waals surface area contributed by atoms with Crippen molar-refractivity contribution < 1.29 is 4.74 Å². The zero-order valence-corrected chi connectivity index (χ0v) is 7.15. The Bertz CT molecular complexity index is 348. The zero-order valence-electron chi connectivity index (χ0n) is 7.15. The van der Waals surface area contributed by atoms with Crippen LogP contribution in [0.25, 0.3) is 0 Å². The highest BCUT2D eigenvalue weighted by molar-refractivity contribution is 5.00. The second kappa shape index (κ2) is 2.36. The molecule has 0 saturated heterocycles. The van der Waals surface area contributed by atoms with Crippen LogP contribution in [0.1, 0.15) is 18.9 Å². The summed E-state index contributed by atoms with van der Waals surface area (Å²) in [5.74, 6) is 0. The van der Waals surface area contributed by atoms with Gasteiger partial charge >= 0.3 is 11.7 Å². The molecule has 1 aromatic rings. The van der Waals surface area contributed by atoms with Gasteiger partial charge in [0.15, 0.2) is 0 Å². The highest BCUT2D eigenvalue weighted by Crippen LogP contribution is 2.35. The van der Waals surface area contributed by atoms with E-state index in [-0.39, 0.29) is 5.69 Å². The van der Waals surface area contributed by atoms with E-state index in [1.54, 1.807) is 11.6 Å². The second-order valence-electron chi connectivity index (χ2n) is 2.99. The SMILES string of the molecule is COc1nn(C)c(=O)n1C1CC1. The number of hydrogen-bond donors (Lipinski definition) is 0. The van der Waals surface area contributed by atoms with Crippen LogP contribution in [0.5, 0.6) is 6.01 Å². The van der Waals surface area contributed by atoms with Crippen LogP contribution in [0.15, 0.2) is 4.79 Å². The average Bonchev–Trinajstić information content (AvgIpc) is 2.82. The first kappa shape index (κ1) is 7.39. The second-order valence-corrected chi connectivity index (χ2v) is 2.99. The van der Waals surface area contributed by atoms with E-state index in [0.717, 1.165) is 12.8 Å². The van der Waals surface area contributed by atoms with Crippen LogP contribution in [0.4, 0.5) is 0 Å². The molecule has 66 valence electrons. The summed E-state index contributed by atoms with van der Waals surface area (Å²) in [7, 11) is 3.16. The maximum absolute atomic E-state index is 11.4. The van der Waals surface area contributed by atoms with Crippen LogP contribution < -0.4 is 10.4 Å².